The van der Waals surface area contributed by atoms with E-state index in [2.05, 4.69) is 27.9 Å². The molecule has 0 radical (unpaired) electrons. The average molecular weight is 360 g/mol. The molecule has 0 fully saturated rings. The Morgan fingerprint density at radius 2 is 1.96 bits per heavy atom. The van der Waals surface area contributed by atoms with Crippen molar-refractivity contribution >= 4 is 39.7 Å². The highest BCUT2D eigenvalue weighted by Crippen LogP contribution is 2.25. The van der Waals surface area contributed by atoms with Crippen LogP contribution in [0, 0.1) is 13.8 Å². The molecule has 0 unspecified atom stereocenters. The molecule has 0 bridgehead atoms. The molecule has 2 amide bonds. The number of anilines is 3. The molecular weight excluding hydrogens is 336 g/mol. The lowest BCUT2D eigenvalue weighted by Crippen LogP contribution is -2.17. The van der Waals surface area contributed by atoms with Crippen molar-refractivity contribution in [3.05, 3.63) is 34.3 Å². The van der Waals surface area contributed by atoms with Crippen LogP contribution < -0.4 is 16.0 Å². The van der Waals surface area contributed by atoms with Gasteiger partial charge in [0.2, 0.25) is 5.91 Å². The topological polar surface area (TPSA) is 83.1 Å². The third kappa shape index (κ3) is 5.29. The predicted octanol–water partition coefficient (Wildman–Crippen LogP) is 4.18. The number of hydrogen-bond donors (Lipinski definition) is 3. The Kier molecular flexibility index (Phi) is 6.52. The summed E-state index contributed by atoms with van der Waals surface area (Å²) >= 11 is 1.43. The molecule has 0 aliphatic carbocycles. The number of carbonyl (C=O) groups is 2. The van der Waals surface area contributed by atoms with Crippen LogP contribution in [0.4, 0.5) is 16.5 Å². The molecule has 25 heavy (non-hydrogen) atoms. The van der Waals surface area contributed by atoms with Gasteiger partial charge in [-0.3, -0.25) is 14.9 Å². The van der Waals surface area contributed by atoms with Crippen LogP contribution in [0.5, 0.6) is 0 Å². The minimum Gasteiger partial charge on any atom is -0.385 e. The second-order valence-electron chi connectivity index (χ2n) is 5.84. The molecule has 0 saturated heterocycles. The molecule has 6 nitrogen and oxygen atoms in total. The Morgan fingerprint density at radius 1 is 1.20 bits per heavy atom. The van der Waals surface area contributed by atoms with E-state index in [1.807, 2.05) is 19.9 Å². The van der Waals surface area contributed by atoms with Crippen molar-refractivity contribution in [1.29, 1.82) is 0 Å². The number of benzene rings is 1. The Hall–Kier alpha value is -2.41. The van der Waals surface area contributed by atoms with E-state index < -0.39 is 0 Å². The maximum Gasteiger partial charge on any atom is 0.259 e. The van der Waals surface area contributed by atoms with Gasteiger partial charge in [-0.15, -0.1) is 11.3 Å². The molecule has 1 heterocycles. The van der Waals surface area contributed by atoms with E-state index in [-0.39, 0.29) is 11.8 Å². The van der Waals surface area contributed by atoms with Crippen molar-refractivity contribution in [2.45, 2.75) is 40.5 Å². The molecule has 0 aliphatic rings. The number of amides is 2. The summed E-state index contributed by atoms with van der Waals surface area (Å²) in [6.07, 6.45) is 2.15. The van der Waals surface area contributed by atoms with E-state index in [0.29, 0.717) is 16.4 Å². The van der Waals surface area contributed by atoms with Gasteiger partial charge < -0.3 is 10.6 Å². The number of aromatic nitrogens is 1. The number of thiazole rings is 1. The van der Waals surface area contributed by atoms with Gasteiger partial charge in [-0.2, -0.15) is 0 Å². The van der Waals surface area contributed by atoms with Crippen LogP contribution in [0.15, 0.2) is 18.2 Å². The quantitative estimate of drug-likeness (QED) is 0.647. The van der Waals surface area contributed by atoms with Gasteiger partial charge in [0.15, 0.2) is 5.13 Å². The fourth-order valence-electron chi connectivity index (χ4n) is 2.25. The monoisotopic (exact) mass is 360 g/mol. The molecule has 0 saturated carbocycles. The summed E-state index contributed by atoms with van der Waals surface area (Å²) in [5, 5.41) is 9.38. The van der Waals surface area contributed by atoms with Crippen LogP contribution in [-0.4, -0.2) is 23.3 Å². The fourth-order valence-corrected chi connectivity index (χ4v) is 3.06. The Morgan fingerprint density at radius 3 is 2.56 bits per heavy atom. The van der Waals surface area contributed by atoms with Crippen molar-refractivity contribution in [3.8, 4) is 0 Å². The minimum absolute atomic E-state index is 0.222. The van der Waals surface area contributed by atoms with Crippen molar-refractivity contribution in [2.24, 2.45) is 0 Å². The summed E-state index contributed by atoms with van der Waals surface area (Å²) in [7, 11) is 0. The smallest absolute Gasteiger partial charge is 0.259 e. The van der Waals surface area contributed by atoms with Gasteiger partial charge in [0.25, 0.3) is 5.91 Å². The van der Waals surface area contributed by atoms with Gasteiger partial charge in [-0.05, 0) is 38.5 Å². The highest BCUT2D eigenvalue weighted by molar-refractivity contribution is 7.15. The lowest BCUT2D eigenvalue weighted by molar-refractivity contribution is -0.114. The standard InChI is InChI=1S/C18H24N4O2S/c1-5-6-9-19-14-7-8-15(16(10-14)21-13(4)23)17(24)22-18-20-11(2)12(3)25-18/h7-8,10,19H,5-6,9H2,1-4H3,(H,21,23)(H,20,22,24). The SMILES string of the molecule is CCCCNc1ccc(C(=O)Nc2nc(C)c(C)s2)c(NC(C)=O)c1. The summed E-state index contributed by atoms with van der Waals surface area (Å²) in [5.41, 5.74) is 2.66. The van der Waals surface area contributed by atoms with Crippen LogP contribution in [0.1, 0.15) is 47.6 Å². The van der Waals surface area contributed by atoms with E-state index in [1.165, 1.54) is 18.3 Å². The van der Waals surface area contributed by atoms with Crippen LogP contribution in [-0.2, 0) is 4.79 Å². The Labute approximate surface area is 152 Å². The summed E-state index contributed by atoms with van der Waals surface area (Å²) in [6, 6.07) is 5.33. The summed E-state index contributed by atoms with van der Waals surface area (Å²) in [5.74, 6) is -0.515. The van der Waals surface area contributed by atoms with Crippen LogP contribution in [0.3, 0.4) is 0 Å². The lowest BCUT2D eigenvalue weighted by Gasteiger charge is -2.13. The molecule has 3 N–H and O–H groups in total. The van der Waals surface area contributed by atoms with Gasteiger partial charge in [0.1, 0.15) is 0 Å². The van der Waals surface area contributed by atoms with Gasteiger partial charge >= 0.3 is 0 Å². The normalized spacial score (nSPS) is 10.4. The number of nitrogens with zero attached hydrogens (tertiary/aromatic N) is 1. The number of aryl methyl sites for hydroxylation is 2. The maximum absolute atomic E-state index is 12.6. The number of unbranched alkanes of at least 4 members (excludes halogenated alkanes) is 1. The van der Waals surface area contributed by atoms with Crippen molar-refractivity contribution in [1.82, 2.24) is 4.98 Å². The first-order chi connectivity index (χ1) is 11.9. The van der Waals surface area contributed by atoms with E-state index in [4.69, 9.17) is 0 Å². The zero-order valence-electron chi connectivity index (χ0n) is 15.0. The van der Waals surface area contributed by atoms with E-state index in [0.717, 1.165) is 35.6 Å². The van der Waals surface area contributed by atoms with Crippen LogP contribution >= 0.6 is 11.3 Å². The molecular formula is C18H24N4O2S. The second-order valence-corrected chi connectivity index (χ2v) is 7.04. The number of hydrogen-bond acceptors (Lipinski definition) is 5. The van der Waals surface area contributed by atoms with E-state index in [9.17, 15) is 9.59 Å². The molecule has 0 aliphatic heterocycles. The Bertz CT molecular complexity index is 751. The summed E-state index contributed by atoms with van der Waals surface area (Å²) < 4.78 is 0. The Balaban J connectivity index is 2.21. The highest BCUT2D eigenvalue weighted by atomic mass is 32.1. The maximum atomic E-state index is 12.6. The van der Waals surface area contributed by atoms with E-state index in [1.54, 1.807) is 12.1 Å². The van der Waals surface area contributed by atoms with Crippen LogP contribution in [0.2, 0.25) is 0 Å². The molecule has 2 aromatic rings. The first-order valence-corrected chi connectivity index (χ1v) is 9.13. The van der Waals surface area contributed by atoms with Gasteiger partial charge in [-0.25, -0.2) is 4.98 Å². The zero-order valence-corrected chi connectivity index (χ0v) is 15.8. The molecule has 0 atom stereocenters. The number of carbonyl (C=O) groups excluding carboxylic acids is 2. The number of nitrogens with one attached hydrogen (secondary N) is 3. The van der Waals surface area contributed by atoms with Crippen molar-refractivity contribution < 1.29 is 9.59 Å². The zero-order chi connectivity index (χ0) is 18.4. The molecule has 1 aromatic carbocycles. The average Bonchev–Trinajstić information content (AvgIpc) is 2.85. The first kappa shape index (κ1) is 18.9. The molecule has 7 heteroatoms. The van der Waals surface area contributed by atoms with Gasteiger partial charge in [-0.1, -0.05) is 13.3 Å². The lowest BCUT2D eigenvalue weighted by atomic mass is 10.1. The third-order valence-corrected chi connectivity index (χ3v) is 4.67. The predicted molar refractivity (Wildman–Crippen MR) is 104 cm³/mol. The second kappa shape index (κ2) is 8.62. The van der Waals surface area contributed by atoms with Crippen molar-refractivity contribution in [2.75, 3.05) is 22.5 Å². The minimum atomic E-state index is -0.294. The summed E-state index contributed by atoms with van der Waals surface area (Å²) in [6.45, 7) is 8.26. The van der Waals surface area contributed by atoms with Crippen molar-refractivity contribution in [3.63, 3.8) is 0 Å². The van der Waals surface area contributed by atoms with E-state index >= 15 is 0 Å². The van der Waals surface area contributed by atoms with Gasteiger partial charge in [0.05, 0.1) is 16.9 Å². The first-order valence-electron chi connectivity index (χ1n) is 8.31. The molecule has 134 valence electrons. The largest absolute Gasteiger partial charge is 0.385 e. The third-order valence-electron chi connectivity index (χ3n) is 3.68. The molecule has 1 aromatic heterocycles. The number of rotatable bonds is 7. The summed E-state index contributed by atoms with van der Waals surface area (Å²) in [4.78, 5) is 29.5. The fraction of sp³-hybridized carbons (Fsp3) is 0.389. The van der Waals surface area contributed by atoms with Gasteiger partial charge in [0, 0.05) is 24.0 Å². The highest BCUT2D eigenvalue weighted by Gasteiger charge is 2.15. The van der Waals surface area contributed by atoms with Crippen LogP contribution in [0.25, 0.3) is 0 Å². The molecule has 2 rings (SSSR count). The molecule has 0 spiro atoms.